The van der Waals surface area contributed by atoms with Crippen LogP contribution >= 0.6 is 0 Å². The average Bonchev–Trinajstić information content (AvgIpc) is 2.90. The summed E-state index contributed by atoms with van der Waals surface area (Å²) in [4.78, 5) is 24.7. The zero-order chi connectivity index (χ0) is 13.2. The minimum atomic E-state index is 0.193. The van der Waals surface area contributed by atoms with Crippen molar-refractivity contribution in [3.8, 4) is 0 Å². The molecule has 1 aliphatic heterocycles. The number of H-pyrrole nitrogens is 1. The lowest BCUT2D eigenvalue weighted by Gasteiger charge is -2.33. The van der Waals surface area contributed by atoms with Gasteiger partial charge < -0.3 is 15.0 Å². The average molecular weight is 260 g/mol. The third kappa shape index (κ3) is 2.08. The molecule has 0 saturated carbocycles. The molecule has 6 heteroatoms. The Hall–Kier alpha value is -1.95. The second kappa shape index (κ2) is 4.97. The van der Waals surface area contributed by atoms with Crippen molar-refractivity contribution >= 4 is 23.1 Å². The monoisotopic (exact) mass is 260 g/mol. The molecule has 0 aliphatic carbocycles. The predicted molar refractivity (Wildman–Crippen MR) is 71.3 cm³/mol. The van der Waals surface area contributed by atoms with Gasteiger partial charge in [0.15, 0.2) is 6.29 Å². The van der Waals surface area contributed by atoms with Gasteiger partial charge in [-0.15, -0.1) is 0 Å². The number of aliphatic hydroxyl groups excluding tert-OH is 1. The van der Waals surface area contributed by atoms with Crippen LogP contribution in [0.1, 0.15) is 23.2 Å². The van der Waals surface area contributed by atoms with Crippen LogP contribution in [0, 0.1) is 5.92 Å². The maximum absolute atomic E-state index is 11.1. The molecule has 3 heterocycles. The molecule has 0 bridgehead atoms. The van der Waals surface area contributed by atoms with Gasteiger partial charge in [-0.3, -0.25) is 4.79 Å². The first-order chi connectivity index (χ1) is 9.33. The van der Waals surface area contributed by atoms with Gasteiger partial charge in [0, 0.05) is 31.5 Å². The number of carbonyl (C=O) groups is 1. The van der Waals surface area contributed by atoms with Crippen LogP contribution in [-0.4, -0.2) is 46.0 Å². The van der Waals surface area contributed by atoms with Crippen molar-refractivity contribution in [2.24, 2.45) is 5.92 Å². The molecule has 1 unspecified atom stereocenters. The number of aliphatic hydroxyl groups is 1. The topological polar surface area (TPSA) is 82.1 Å². The molecule has 0 aromatic carbocycles. The summed E-state index contributed by atoms with van der Waals surface area (Å²) < 4.78 is 0. The fourth-order valence-electron chi connectivity index (χ4n) is 2.71. The Balaban J connectivity index is 2.04. The van der Waals surface area contributed by atoms with Crippen LogP contribution in [0.15, 0.2) is 12.5 Å². The normalized spacial score (nSPS) is 19.8. The number of fused-ring (bicyclic) bond motifs is 1. The van der Waals surface area contributed by atoms with Crippen LogP contribution in [-0.2, 0) is 0 Å². The van der Waals surface area contributed by atoms with Crippen LogP contribution in [0.25, 0.3) is 11.0 Å². The highest BCUT2D eigenvalue weighted by molar-refractivity contribution is 6.01. The molecule has 19 heavy (non-hydrogen) atoms. The van der Waals surface area contributed by atoms with E-state index in [9.17, 15) is 9.90 Å². The molecule has 2 N–H and O–H groups in total. The highest BCUT2D eigenvalue weighted by atomic mass is 16.3. The van der Waals surface area contributed by atoms with E-state index in [0.717, 1.165) is 43.4 Å². The summed E-state index contributed by atoms with van der Waals surface area (Å²) in [7, 11) is 0. The maximum Gasteiger partial charge on any atom is 0.152 e. The van der Waals surface area contributed by atoms with Crippen molar-refractivity contribution in [1.82, 2.24) is 15.0 Å². The largest absolute Gasteiger partial charge is 0.396 e. The molecule has 0 amide bonds. The van der Waals surface area contributed by atoms with Crippen LogP contribution < -0.4 is 4.90 Å². The molecule has 3 rings (SSSR count). The van der Waals surface area contributed by atoms with Gasteiger partial charge in [-0.25, -0.2) is 9.97 Å². The zero-order valence-electron chi connectivity index (χ0n) is 10.5. The summed E-state index contributed by atoms with van der Waals surface area (Å²) in [6, 6.07) is 0. The lowest BCUT2D eigenvalue weighted by atomic mass is 9.99. The summed E-state index contributed by atoms with van der Waals surface area (Å²) in [6.45, 7) is 1.86. The van der Waals surface area contributed by atoms with Gasteiger partial charge >= 0.3 is 0 Å². The van der Waals surface area contributed by atoms with Crippen molar-refractivity contribution < 1.29 is 9.90 Å². The molecule has 100 valence electrons. The van der Waals surface area contributed by atoms with E-state index in [0.29, 0.717) is 11.2 Å². The predicted octanol–water partition coefficient (Wildman–Crippen LogP) is 0.979. The maximum atomic E-state index is 11.1. The molecular formula is C13H16N4O2. The molecular weight excluding hydrogens is 244 g/mol. The van der Waals surface area contributed by atoms with Crippen LogP contribution in [0.4, 0.5) is 5.82 Å². The zero-order valence-corrected chi connectivity index (χ0v) is 10.5. The number of anilines is 1. The summed E-state index contributed by atoms with van der Waals surface area (Å²) in [6.07, 6.45) is 6.04. The number of hydrogen-bond donors (Lipinski definition) is 2. The van der Waals surface area contributed by atoms with Gasteiger partial charge in [-0.2, -0.15) is 0 Å². The first kappa shape index (κ1) is 12.1. The Morgan fingerprint density at radius 2 is 2.42 bits per heavy atom. The second-order valence-electron chi connectivity index (χ2n) is 4.92. The van der Waals surface area contributed by atoms with E-state index in [1.54, 1.807) is 6.20 Å². The smallest absolute Gasteiger partial charge is 0.152 e. The van der Waals surface area contributed by atoms with Crippen LogP contribution in [0.3, 0.4) is 0 Å². The summed E-state index contributed by atoms with van der Waals surface area (Å²) in [5, 5.41) is 10.1. The lowest BCUT2D eigenvalue weighted by Crippen LogP contribution is -2.37. The first-order valence-corrected chi connectivity index (χ1v) is 6.46. The second-order valence-corrected chi connectivity index (χ2v) is 4.92. The number of nitrogens with one attached hydrogen (secondary N) is 1. The number of rotatable bonds is 3. The number of nitrogens with zero attached hydrogens (tertiary/aromatic N) is 3. The number of hydrogen-bond acceptors (Lipinski definition) is 5. The van der Waals surface area contributed by atoms with Crippen molar-refractivity contribution in [2.75, 3.05) is 24.6 Å². The molecule has 2 aromatic heterocycles. The van der Waals surface area contributed by atoms with E-state index in [2.05, 4.69) is 19.9 Å². The van der Waals surface area contributed by atoms with Gasteiger partial charge in [0.1, 0.15) is 17.8 Å². The summed E-state index contributed by atoms with van der Waals surface area (Å²) >= 11 is 0. The van der Waals surface area contributed by atoms with E-state index in [-0.39, 0.29) is 12.5 Å². The van der Waals surface area contributed by atoms with E-state index in [1.807, 2.05) is 0 Å². The van der Waals surface area contributed by atoms with Gasteiger partial charge in [-0.05, 0) is 18.8 Å². The highest BCUT2D eigenvalue weighted by Gasteiger charge is 2.23. The Bertz CT molecular complexity index is 595. The van der Waals surface area contributed by atoms with Crippen molar-refractivity contribution in [1.29, 1.82) is 0 Å². The van der Waals surface area contributed by atoms with Gasteiger partial charge in [0.25, 0.3) is 0 Å². The third-order valence-corrected chi connectivity index (χ3v) is 3.68. The lowest BCUT2D eigenvalue weighted by molar-refractivity contribution is 0.112. The SMILES string of the molecule is O=Cc1c[nH]c2ncnc(N3CCCC(CO)C3)c12. The van der Waals surface area contributed by atoms with E-state index >= 15 is 0 Å². The standard InChI is InChI=1S/C13H16N4O2/c18-6-9-2-1-3-17(5-9)13-11-10(7-19)4-14-12(11)15-8-16-13/h4,7-9,18H,1-3,5-6H2,(H,14,15,16). The molecule has 1 atom stereocenters. The minimum absolute atomic E-state index is 0.193. The number of aromatic amines is 1. The van der Waals surface area contributed by atoms with Crippen molar-refractivity contribution in [2.45, 2.75) is 12.8 Å². The number of aldehydes is 1. The van der Waals surface area contributed by atoms with Gasteiger partial charge in [-0.1, -0.05) is 0 Å². The first-order valence-electron chi connectivity index (χ1n) is 6.46. The molecule has 1 saturated heterocycles. The molecule has 1 fully saturated rings. The molecule has 1 aliphatic rings. The number of aromatic nitrogens is 3. The Kier molecular flexibility index (Phi) is 3.16. The minimum Gasteiger partial charge on any atom is -0.396 e. The van der Waals surface area contributed by atoms with E-state index < -0.39 is 0 Å². The highest BCUT2D eigenvalue weighted by Crippen LogP contribution is 2.28. The fourth-order valence-corrected chi connectivity index (χ4v) is 2.71. The fraction of sp³-hybridized carbons (Fsp3) is 0.462. The summed E-state index contributed by atoms with van der Waals surface area (Å²) in [5.41, 5.74) is 1.26. The number of piperidine rings is 1. The van der Waals surface area contributed by atoms with Gasteiger partial charge in [0.05, 0.1) is 5.39 Å². The van der Waals surface area contributed by atoms with Crippen molar-refractivity contribution in [3.63, 3.8) is 0 Å². The van der Waals surface area contributed by atoms with Crippen LogP contribution in [0.5, 0.6) is 0 Å². The number of carbonyl (C=O) groups excluding carboxylic acids is 1. The Labute approximate surface area is 110 Å². The Morgan fingerprint density at radius 1 is 1.53 bits per heavy atom. The van der Waals surface area contributed by atoms with E-state index in [4.69, 9.17) is 0 Å². The van der Waals surface area contributed by atoms with Crippen molar-refractivity contribution in [3.05, 3.63) is 18.1 Å². The Morgan fingerprint density at radius 3 is 3.21 bits per heavy atom. The molecule has 0 radical (unpaired) electrons. The molecule has 2 aromatic rings. The third-order valence-electron chi connectivity index (χ3n) is 3.68. The van der Waals surface area contributed by atoms with Gasteiger partial charge in [0.2, 0.25) is 0 Å². The van der Waals surface area contributed by atoms with Crippen LogP contribution in [0.2, 0.25) is 0 Å². The molecule has 0 spiro atoms. The van der Waals surface area contributed by atoms with E-state index in [1.165, 1.54) is 6.33 Å². The molecule has 6 nitrogen and oxygen atoms in total. The summed E-state index contributed by atoms with van der Waals surface area (Å²) in [5.74, 6) is 1.06. The quantitative estimate of drug-likeness (QED) is 0.804.